The largest absolute Gasteiger partial charge is 0.388 e. The summed E-state index contributed by atoms with van der Waals surface area (Å²) in [6.07, 6.45) is 0.240. The van der Waals surface area contributed by atoms with Gasteiger partial charge in [0.05, 0.1) is 6.10 Å². The van der Waals surface area contributed by atoms with Crippen LogP contribution >= 0.6 is 27.3 Å². The van der Waals surface area contributed by atoms with Crippen LogP contribution in [0.3, 0.4) is 0 Å². The first kappa shape index (κ1) is 11.8. The van der Waals surface area contributed by atoms with Crippen LogP contribution in [-0.2, 0) is 6.42 Å². The summed E-state index contributed by atoms with van der Waals surface area (Å²) in [5.74, 6) is 0. The van der Waals surface area contributed by atoms with E-state index >= 15 is 0 Å². The third-order valence-corrected chi connectivity index (χ3v) is 4.28. The van der Waals surface area contributed by atoms with Crippen LogP contribution in [0, 0.1) is 6.92 Å². The second-order valence-electron chi connectivity index (χ2n) is 3.82. The van der Waals surface area contributed by atoms with Gasteiger partial charge in [-0.3, -0.25) is 0 Å². The van der Waals surface area contributed by atoms with Gasteiger partial charge in [0.25, 0.3) is 0 Å². The third kappa shape index (κ3) is 2.54. The fraction of sp³-hybridized carbons (Fsp3) is 0.231. The van der Waals surface area contributed by atoms with Crippen LogP contribution < -0.4 is 0 Å². The Morgan fingerprint density at radius 1 is 1.31 bits per heavy atom. The second kappa shape index (κ2) is 5.13. The van der Waals surface area contributed by atoms with Crippen molar-refractivity contribution in [3.05, 3.63) is 56.2 Å². The molecule has 2 aromatic rings. The van der Waals surface area contributed by atoms with Gasteiger partial charge in [0.15, 0.2) is 0 Å². The number of aliphatic hydroxyl groups excluding tert-OH is 1. The molecule has 1 aromatic carbocycles. The van der Waals surface area contributed by atoms with Crippen LogP contribution in [0.1, 0.15) is 22.8 Å². The number of benzene rings is 1. The molecule has 0 radical (unpaired) electrons. The van der Waals surface area contributed by atoms with Crippen molar-refractivity contribution in [1.29, 1.82) is 0 Å². The quantitative estimate of drug-likeness (QED) is 0.904. The maximum absolute atomic E-state index is 10.2. The van der Waals surface area contributed by atoms with E-state index in [1.54, 1.807) is 11.3 Å². The normalized spacial score (nSPS) is 12.7. The molecular weight excluding hydrogens is 284 g/mol. The third-order valence-electron chi connectivity index (χ3n) is 2.63. The molecule has 3 heteroatoms. The highest BCUT2D eigenvalue weighted by molar-refractivity contribution is 9.10. The van der Waals surface area contributed by atoms with Crippen LogP contribution in [0.15, 0.2) is 39.5 Å². The lowest BCUT2D eigenvalue weighted by molar-refractivity contribution is 0.178. The lowest BCUT2D eigenvalue weighted by Gasteiger charge is -2.11. The van der Waals surface area contributed by atoms with Crippen molar-refractivity contribution < 1.29 is 5.11 Å². The van der Waals surface area contributed by atoms with Gasteiger partial charge in [-0.15, -0.1) is 0 Å². The molecule has 1 N–H and O–H groups in total. The molecule has 0 saturated heterocycles. The van der Waals surface area contributed by atoms with E-state index in [0.717, 1.165) is 15.6 Å². The average Bonchev–Trinajstić information content (AvgIpc) is 2.68. The van der Waals surface area contributed by atoms with E-state index in [0.29, 0.717) is 6.42 Å². The van der Waals surface area contributed by atoms with E-state index in [9.17, 15) is 5.11 Å². The first-order chi connectivity index (χ1) is 7.68. The summed E-state index contributed by atoms with van der Waals surface area (Å²) in [6.45, 7) is 2.04. The highest BCUT2D eigenvalue weighted by atomic mass is 79.9. The molecule has 0 aliphatic heterocycles. The number of thiophene rings is 1. The smallest absolute Gasteiger partial charge is 0.0841 e. The highest BCUT2D eigenvalue weighted by Gasteiger charge is 2.13. The van der Waals surface area contributed by atoms with Gasteiger partial charge in [-0.25, -0.2) is 0 Å². The van der Waals surface area contributed by atoms with E-state index in [1.807, 2.05) is 36.6 Å². The van der Waals surface area contributed by atoms with Crippen molar-refractivity contribution in [2.24, 2.45) is 0 Å². The monoisotopic (exact) mass is 296 g/mol. The summed E-state index contributed by atoms with van der Waals surface area (Å²) in [5.41, 5.74) is 3.35. The van der Waals surface area contributed by atoms with Gasteiger partial charge in [-0.05, 0) is 40.4 Å². The maximum Gasteiger partial charge on any atom is 0.0841 e. The minimum absolute atomic E-state index is 0.412. The van der Waals surface area contributed by atoms with Crippen LogP contribution in [0.4, 0.5) is 0 Å². The molecule has 0 fully saturated rings. The molecule has 0 saturated carbocycles. The highest BCUT2D eigenvalue weighted by Crippen LogP contribution is 2.27. The zero-order chi connectivity index (χ0) is 11.5. The SMILES string of the molecule is Cc1cscc1C(O)Cc1ccccc1Br. The molecule has 16 heavy (non-hydrogen) atoms. The number of halogens is 1. The van der Waals surface area contributed by atoms with Gasteiger partial charge >= 0.3 is 0 Å². The number of hydrogen-bond donors (Lipinski definition) is 1. The van der Waals surface area contributed by atoms with Crippen molar-refractivity contribution in [3.63, 3.8) is 0 Å². The molecular formula is C13H13BrOS. The minimum Gasteiger partial charge on any atom is -0.388 e. The molecule has 1 heterocycles. The van der Waals surface area contributed by atoms with E-state index in [1.165, 1.54) is 5.56 Å². The fourth-order valence-corrected chi connectivity index (χ4v) is 3.04. The Balaban J connectivity index is 2.17. The predicted octanol–water partition coefficient (Wildman–Crippen LogP) is 4.10. The summed E-state index contributed by atoms with van der Waals surface area (Å²) in [6, 6.07) is 8.01. The number of hydrogen-bond acceptors (Lipinski definition) is 2. The molecule has 0 amide bonds. The van der Waals surface area contributed by atoms with Crippen LogP contribution in [0.2, 0.25) is 0 Å². The number of aryl methyl sites for hydroxylation is 1. The van der Waals surface area contributed by atoms with E-state index < -0.39 is 6.10 Å². The molecule has 0 aliphatic rings. The van der Waals surface area contributed by atoms with Gasteiger partial charge in [0.2, 0.25) is 0 Å². The van der Waals surface area contributed by atoms with Gasteiger partial charge in [-0.1, -0.05) is 34.1 Å². The first-order valence-electron chi connectivity index (χ1n) is 5.12. The Kier molecular flexibility index (Phi) is 3.79. The Morgan fingerprint density at radius 3 is 2.69 bits per heavy atom. The van der Waals surface area contributed by atoms with Gasteiger partial charge in [0.1, 0.15) is 0 Å². The van der Waals surface area contributed by atoms with Crippen molar-refractivity contribution in [2.45, 2.75) is 19.4 Å². The molecule has 0 bridgehead atoms. The topological polar surface area (TPSA) is 20.2 Å². The summed E-state index contributed by atoms with van der Waals surface area (Å²) < 4.78 is 1.06. The number of rotatable bonds is 3. The molecule has 1 nitrogen and oxygen atoms in total. The van der Waals surface area contributed by atoms with Crippen LogP contribution in [-0.4, -0.2) is 5.11 Å². The van der Waals surface area contributed by atoms with Gasteiger partial charge in [0, 0.05) is 10.9 Å². The van der Waals surface area contributed by atoms with Crippen molar-refractivity contribution in [2.75, 3.05) is 0 Å². The van der Waals surface area contributed by atoms with Crippen LogP contribution in [0.5, 0.6) is 0 Å². The molecule has 0 aliphatic carbocycles. The minimum atomic E-state index is -0.412. The average molecular weight is 297 g/mol. The van der Waals surface area contributed by atoms with E-state index in [-0.39, 0.29) is 0 Å². The zero-order valence-electron chi connectivity index (χ0n) is 8.98. The zero-order valence-corrected chi connectivity index (χ0v) is 11.4. The lowest BCUT2D eigenvalue weighted by atomic mass is 10.0. The standard InChI is InChI=1S/C13H13BrOS/c1-9-7-16-8-11(9)13(15)6-10-4-2-3-5-12(10)14/h2-5,7-8,13,15H,6H2,1H3. The van der Waals surface area contributed by atoms with E-state index in [2.05, 4.69) is 21.3 Å². The Hall–Kier alpha value is -0.640. The Bertz CT molecular complexity index is 478. The molecule has 1 unspecified atom stereocenters. The lowest BCUT2D eigenvalue weighted by Crippen LogP contribution is -2.02. The van der Waals surface area contributed by atoms with Gasteiger partial charge in [-0.2, -0.15) is 11.3 Å². The van der Waals surface area contributed by atoms with Gasteiger partial charge < -0.3 is 5.11 Å². The predicted molar refractivity (Wildman–Crippen MR) is 71.9 cm³/mol. The molecule has 1 atom stereocenters. The van der Waals surface area contributed by atoms with Crippen molar-refractivity contribution in [3.8, 4) is 0 Å². The van der Waals surface area contributed by atoms with Crippen molar-refractivity contribution in [1.82, 2.24) is 0 Å². The maximum atomic E-state index is 10.2. The second-order valence-corrected chi connectivity index (χ2v) is 5.42. The molecule has 1 aromatic heterocycles. The van der Waals surface area contributed by atoms with Crippen molar-refractivity contribution >= 4 is 27.3 Å². The summed E-state index contributed by atoms with van der Waals surface area (Å²) >= 11 is 5.14. The first-order valence-corrected chi connectivity index (χ1v) is 6.86. The molecule has 84 valence electrons. The molecule has 0 spiro atoms. The fourth-order valence-electron chi connectivity index (χ4n) is 1.69. The van der Waals surface area contributed by atoms with Crippen LogP contribution in [0.25, 0.3) is 0 Å². The number of aliphatic hydroxyl groups is 1. The summed E-state index contributed by atoms with van der Waals surface area (Å²) in [5, 5.41) is 14.2. The summed E-state index contributed by atoms with van der Waals surface area (Å²) in [7, 11) is 0. The summed E-state index contributed by atoms with van der Waals surface area (Å²) in [4.78, 5) is 0. The van der Waals surface area contributed by atoms with E-state index in [4.69, 9.17) is 0 Å². The Morgan fingerprint density at radius 2 is 2.06 bits per heavy atom. The Labute approximate surface area is 108 Å². The molecule has 2 rings (SSSR count).